The molecule has 0 amide bonds. The topological polar surface area (TPSA) is 52.2 Å². The predicted molar refractivity (Wildman–Crippen MR) is 15.8 cm³/mol. The molecule has 2 N–H and O–H groups in total. The van der Waals surface area contributed by atoms with E-state index in [4.69, 9.17) is 10.3 Å². The van der Waals surface area contributed by atoms with Gasteiger partial charge in [0.05, 0.1) is 6.61 Å². The van der Waals surface area contributed by atoms with E-state index in [0.29, 0.717) is 0 Å². The number of hydrogen-bond acceptors (Lipinski definition) is 2. The molecule has 1 radical (unpaired) electrons. The summed E-state index contributed by atoms with van der Waals surface area (Å²) in [4.78, 5) is 0. The standard InChI is InChI=1S/C2H6NO2/c4-2-1-3-5/h3-4H,1-2H2. The minimum Gasteiger partial charge on any atom is -0.395 e. The second kappa shape index (κ2) is 3.88. The van der Waals surface area contributed by atoms with Crippen molar-refractivity contribution < 1.29 is 10.3 Å². The fraction of sp³-hybridized carbons (Fsp3) is 1.00. The minimum atomic E-state index is -0.0799. The van der Waals surface area contributed by atoms with Crippen LogP contribution in [0.15, 0.2) is 0 Å². The van der Waals surface area contributed by atoms with Gasteiger partial charge in [-0.15, -0.1) is 5.21 Å². The third-order valence-electron chi connectivity index (χ3n) is 0.214. The summed E-state index contributed by atoms with van der Waals surface area (Å²) in [5.41, 5.74) is 1.52. The summed E-state index contributed by atoms with van der Waals surface area (Å²) in [5.74, 6) is 0. The third kappa shape index (κ3) is 3.88. The van der Waals surface area contributed by atoms with E-state index in [1.54, 1.807) is 0 Å². The van der Waals surface area contributed by atoms with Gasteiger partial charge in [-0.2, -0.15) is 5.48 Å². The molecular weight excluding hydrogens is 70.0 g/mol. The van der Waals surface area contributed by atoms with Gasteiger partial charge < -0.3 is 5.11 Å². The Kier molecular flexibility index (Phi) is 3.79. The Morgan fingerprint density at radius 2 is 2.40 bits per heavy atom. The molecule has 0 saturated heterocycles. The molecule has 5 heavy (non-hydrogen) atoms. The maximum absolute atomic E-state index is 9.12. The molecule has 0 aliphatic rings. The highest BCUT2D eigenvalue weighted by Crippen LogP contribution is 1.43. The highest BCUT2D eigenvalue weighted by atomic mass is 16.5. The summed E-state index contributed by atoms with van der Waals surface area (Å²) in [7, 11) is 0. The number of aliphatic hydroxyl groups is 1. The van der Waals surface area contributed by atoms with Gasteiger partial charge in [0.25, 0.3) is 0 Å². The van der Waals surface area contributed by atoms with Gasteiger partial charge in [0, 0.05) is 6.54 Å². The molecule has 0 aromatic heterocycles. The number of nitrogens with one attached hydrogen (secondary N) is 1. The lowest BCUT2D eigenvalue weighted by molar-refractivity contribution is 0.0628. The third-order valence-corrected chi connectivity index (χ3v) is 0.214. The van der Waals surface area contributed by atoms with Crippen molar-refractivity contribution in [1.82, 2.24) is 5.48 Å². The minimum absolute atomic E-state index is 0.0799. The van der Waals surface area contributed by atoms with Crippen LogP contribution in [0, 0.1) is 0 Å². The fourth-order valence-corrected chi connectivity index (χ4v) is 0.0456. The first kappa shape index (κ1) is 4.88. The van der Waals surface area contributed by atoms with Crippen LogP contribution in [0.2, 0.25) is 0 Å². The van der Waals surface area contributed by atoms with Gasteiger partial charge in [-0.1, -0.05) is 0 Å². The predicted octanol–water partition coefficient (Wildman–Crippen LogP) is -1.09. The number of aliphatic hydroxyl groups excluding tert-OH is 1. The Morgan fingerprint density at radius 1 is 1.80 bits per heavy atom. The Morgan fingerprint density at radius 3 is 2.40 bits per heavy atom. The van der Waals surface area contributed by atoms with Crippen LogP contribution in [-0.2, 0) is 5.21 Å². The Balaban J connectivity index is 2.19. The molecule has 0 aromatic carbocycles. The molecule has 31 valence electrons. The molecule has 0 aliphatic carbocycles. The van der Waals surface area contributed by atoms with Crippen molar-refractivity contribution in [2.45, 2.75) is 0 Å². The van der Waals surface area contributed by atoms with Gasteiger partial charge >= 0.3 is 0 Å². The van der Waals surface area contributed by atoms with Crippen molar-refractivity contribution in [3.05, 3.63) is 0 Å². The van der Waals surface area contributed by atoms with Crippen molar-refractivity contribution in [2.75, 3.05) is 13.2 Å². The lowest BCUT2D eigenvalue weighted by atomic mass is 10.8. The first-order chi connectivity index (χ1) is 2.41. The van der Waals surface area contributed by atoms with Crippen LogP contribution in [-0.4, -0.2) is 18.3 Å². The van der Waals surface area contributed by atoms with Crippen molar-refractivity contribution in [2.24, 2.45) is 0 Å². The van der Waals surface area contributed by atoms with E-state index in [2.05, 4.69) is 0 Å². The van der Waals surface area contributed by atoms with E-state index in [-0.39, 0.29) is 13.2 Å². The molecule has 3 nitrogen and oxygen atoms in total. The normalized spacial score (nSPS) is 8.40. The van der Waals surface area contributed by atoms with Gasteiger partial charge in [-0.3, -0.25) is 0 Å². The van der Waals surface area contributed by atoms with Gasteiger partial charge in [0.1, 0.15) is 0 Å². The summed E-state index contributed by atoms with van der Waals surface area (Å²) < 4.78 is 0. The Bertz CT molecular complexity index is 15.1. The molecule has 0 aliphatic heterocycles. The number of hydrogen-bond donors (Lipinski definition) is 2. The van der Waals surface area contributed by atoms with Crippen LogP contribution in [0.25, 0.3) is 0 Å². The molecule has 0 spiro atoms. The average Bonchev–Trinajstić information content (AvgIpc) is 1.41. The molecular formula is C2H6NO2. The average molecular weight is 76.1 g/mol. The first-order valence-electron chi connectivity index (χ1n) is 1.37. The van der Waals surface area contributed by atoms with Gasteiger partial charge in [-0.05, 0) is 0 Å². The molecule has 0 rings (SSSR count). The summed E-state index contributed by atoms with van der Waals surface area (Å²) in [6.45, 7) is 0.0590. The smallest absolute Gasteiger partial charge is 0.0580 e. The molecule has 0 saturated carbocycles. The zero-order chi connectivity index (χ0) is 4.12. The molecule has 3 heteroatoms. The van der Waals surface area contributed by atoms with E-state index in [0.717, 1.165) is 0 Å². The fourth-order valence-electron chi connectivity index (χ4n) is 0.0456. The van der Waals surface area contributed by atoms with E-state index >= 15 is 0 Å². The zero-order valence-corrected chi connectivity index (χ0v) is 2.77. The van der Waals surface area contributed by atoms with Crippen LogP contribution in [0.1, 0.15) is 0 Å². The van der Waals surface area contributed by atoms with Gasteiger partial charge in [-0.25, -0.2) is 0 Å². The first-order valence-corrected chi connectivity index (χ1v) is 1.37. The molecule has 0 unspecified atom stereocenters. The monoisotopic (exact) mass is 76.0 g/mol. The van der Waals surface area contributed by atoms with Gasteiger partial charge in [0.2, 0.25) is 0 Å². The van der Waals surface area contributed by atoms with Crippen LogP contribution in [0.4, 0.5) is 0 Å². The van der Waals surface area contributed by atoms with Gasteiger partial charge in [0.15, 0.2) is 0 Å². The summed E-state index contributed by atoms with van der Waals surface area (Å²) in [6.07, 6.45) is 0. The molecule has 0 bridgehead atoms. The lowest BCUT2D eigenvalue weighted by Gasteiger charge is -1.80. The van der Waals surface area contributed by atoms with Crippen molar-refractivity contribution in [1.29, 1.82) is 0 Å². The summed E-state index contributed by atoms with van der Waals surface area (Å²) in [6, 6.07) is 0. The molecule has 0 atom stereocenters. The number of hydroxylamine groups is 1. The van der Waals surface area contributed by atoms with Crippen LogP contribution in [0.5, 0.6) is 0 Å². The van der Waals surface area contributed by atoms with Crippen molar-refractivity contribution in [3.63, 3.8) is 0 Å². The van der Waals surface area contributed by atoms with Crippen molar-refractivity contribution in [3.8, 4) is 0 Å². The van der Waals surface area contributed by atoms with Crippen LogP contribution in [0.3, 0.4) is 0 Å². The van der Waals surface area contributed by atoms with Crippen LogP contribution < -0.4 is 5.48 Å². The van der Waals surface area contributed by atoms with E-state index in [9.17, 15) is 0 Å². The maximum Gasteiger partial charge on any atom is 0.0580 e. The largest absolute Gasteiger partial charge is 0.395 e. The highest BCUT2D eigenvalue weighted by Gasteiger charge is 1.69. The molecule has 0 aromatic rings. The highest BCUT2D eigenvalue weighted by molar-refractivity contribution is 4.20. The summed E-state index contributed by atoms with van der Waals surface area (Å²) >= 11 is 0. The maximum atomic E-state index is 9.12. The lowest BCUT2D eigenvalue weighted by Crippen LogP contribution is -2.09. The Hall–Kier alpha value is -0.120. The quantitative estimate of drug-likeness (QED) is 0.411. The molecule has 0 heterocycles. The zero-order valence-electron chi connectivity index (χ0n) is 2.77. The van der Waals surface area contributed by atoms with E-state index < -0.39 is 0 Å². The molecule has 0 fully saturated rings. The van der Waals surface area contributed by atoms with Crippen molar-refractivity contribution >= 4 is 0 Å². The van der Waals surface area contributed by atoms with Crippen LogP contribution >= 0.6 is 0 Å². The summed E-state index contributed by atoms with van der Waals surface area (Å²) in [5, 5.41) is 16.9. The van der Waals surface area contributed by atoms with E-state index in [1.807, 2.05) is 0 Å². The van der Waals surface area contributed by atoms with E-state index in [1.165, 1.54) is 5.48 Å². The SMILES string of the molecule is [O]NCCO. The Labute approximate surface area is 30.2 Å². The number of rotatable bonds is 2. The second-order valence-electron chi connectivity index (χ2n) is 0.618. The second-order valence-corrected chi connectivity index (χ2v) is 0.618.